The van der Waals surface area contributed by atoms with Gasteiger partial charge in [0.25, 0.3) is 0 Å². The maximum absolute atomic E-state index is 12.5. The van der Waals surface area contributed by atoms with Crippen molar-refractivity contribution in [1.82, 2.24) is 9.80 Å². The molecule has 1 aromatic rings. The lowest BCUT2D eigenvalue weighted by molar-refractivity contribution is -0.135. The molecule has 0 aliphatic carbocycles. The van der Waals surface area contributed by atoms with Crippen LogP contribution in [0.1, 0.15) is 0 Å². The lowest BCUT2D eigenvalue weighted by Gasteiger charge is -2.35. The van der Waals surface area contributed by atoms with Crippen LogP contribution in [0.2, 0.25) is 0 Å². The number of carbonyl (C=O) groups is 2. The molecule has 2 rings (SSSR count). The molecule has 1 amide bonds. The van der Waals surface area contributed by atoms with Crippen molar-refractivity contribution in [3.8, 4) is 5.75 Å². The van der Waals surface area contributed by atoms with E-state index in [4.69, 9.17) is 14.9 Å². The molecule has 1 saturated heterocycles. The van der Waals surface area contributed by atoms with Crippen LogP contribution in [-0.2, 0) is 9.59 Å². The first kappa shape index (κ1) is 19.0. The monoisotopic (exact) mass is 351 g/mol. The van der Waals surface area contributed by atoms with Gasteiger partial charge in [0.1, 0.15) is 12.3 Å². The first-order chi connectivity index (χ1) is 12.0. The van der Waals surface area contributed by atoms with Crippen LogP contribution in [0.4, 0.5) is 5.69 Å². The van der Waals surface area contributed by atoms with Gasteiger partial charge in [0.2, 0.25) is 5.91 Å². The third-order valence-electron chi connectivity index (χ3n) is 4.23. The van der Waals surface area contributed by atoms with E-state index < -0.39 is 5.97 Å². The molecule has 25 heavy (non-hydrogen) atoms. The number of hydrogen-bond donors (Lipinski definition) is 2. The Bertz CT molecular complexity index is 570. The molecular weight excluding hydrogens is 326 g/mol. The minimum absolute atomic E-state index is 0.0125. The smallest absolute Gasteiger partial charge is 0.323 e. The van der Waals surface area contributed by atoms with Gasteiger partial charge in [0.05, 0.1) is 20.3 Å². The van der Waals surface area contributed by atoms with Crippen LogP contribution in [-0.4, -0.2) is 91.4 Å². The number of benzene rings is 1. The summed E-state index contributed by atoms with van der Waals surface area (Å²) in [7, 11) is 1.56. The van der Waals surface area contributed by atoms with E-state index in [1.165, 1.54) is 0 Å². The highest BCUT2D eigenvalue weighted by molar-refractivity contribution is 5.84. The van der Waals surface area contributed by atoms with Crippen molar-refractivity contribution in [2.45, 2.75) is 0 Å². The maximum atomic E-state index is 12.5. The maximum Gasteiger partial charge on any atom is 0.323 e. The summed E-state index contributed by atoms with van der Waals surface area (Å²) in [6.45, 7) is 3.09. The van der Waals surface area contributed by atoms with Crippen LogP contribution in [0.5, 0.6) is 5.75 Å². The zero-order chi connectivity index (χ0) is 18.2. The van der Waals surface area contributed by atoms with Crippen molar-refractivity contribution in [1.29, 1.82) is 0 Å². The number of carboxylic acid groups (broad SMARTS) is 1. The molecule has 1 heterocycles. The number of hydrogen-bond acceptors (Lipinski definition) is 6. The van der Waals surface area contributed by atoms with Crippen molar-refractivity contribution in [3.63, 3.8) is 0 Å². The van der Waals surface area contributed by atoms with Gasteiger partial charge in [-0.05, 0) is 24.3 Å². The number of anilines is 1. The van der Waals surface area contributed by atoms with Gasteiger partial charge >= 0.3 is 5.97 Å². The fraction of sp³-hybridized carbons (Fsp3) is 0.529. The highest BCUT2D eigenvalue weighted by atomic mass is 16.5. The van der Waals surface area contributed by atoms with Gasteiger partial charge in [-0.15, -0.1) is 0 Å². The van der Waals surface area contributed by atoms with E-state index in [9.17, 15) is 9.59 Å². The van der Waals surface area contributed by atoms with Crippen LogP contribution >= 0.6 is 0 Å². The van der Waals surface area contributed by atoms with Crippen molar-refractivity contribution >= 4 is 17.6 Å². The molecule has 0 spiro atoms. The molecular formula is C17H25N3O5. The number of aliphatic hydroxyl groups excluding tert-OH is 1. The van der Waals surface area contributed by atoms with Gasteiger partial charge in [0, 0.05) is 38.4 Å². The number of amides is 1. The molecule has 1 aliphatic heterocycles. The van der Waals surface area contributed by atoms with Gasteiger partial charge in [-0.25, -0.2) is 0 Å². The Balaban J connectivity index is 1.98. The molecule has 1 fully saturated rings. The Kier molecular flexibility index (Phi) is 7.03. The van der Waals surface area contributed by atoms with Gasteiger partial charge < -0.3 is 24.7 Å². The summed E-state index contributed by atoms with van der Waals surface area (Å²) in [6, 6.07) is 6.97. The summed E-state index contributed by atoms with van der Waals surface area (Å²) in [5.41, 5.74) is 0.662. The number of nitrogens with zero attached hydrogens (tertiary/aromatic N) is 3. The van der Waals surface area contributed by atoms with Crippen LogP contribution < -0.4 is 9.64 Å². The second-order valence-corrected chi connectivity index (χ2v) is 5.89. The second kappa shape index (κ2) is 9.24. The van der Waals surface area contributed by atoms with Crippen molar-refractivity contribution in [2.75, 3.05) is 64.4 Å². The molecule has 1 aromatic carbocycles. The molecule has 0 saturated carbocycles. The number of rotatable bonds is 8. The van der Waals surface area contributed by atoms with Gasteiger partial charge in [-0.1, -0.05) is 0 Å². The fourth-order valence-electron chi connectivity index (χ4n) is 2.82. The SMILES string of the molecule is COc1ccc(N(CC(=O)O)CC(=O)N2CCN(CCO)CC2)cc1. The standard InChI is InChI=1S/C17H25N3O5/c1-25-15-4-2-14(3-5-15)20(13-17(23)24)12-16(22)19-8-6-18(7-9-19)10-11-21/h2-5,21H,6-13H2,1H3,(H,23,24). The molecule has 8 nitrogen and oxygen atoms in total. The summed E-state index contributed by atoms with van der Waals surface area (Å²) in [5.74, 6) is -0.414. The lowest BCUT2D eigenvalue weighted by atomic mass is 10.2. The van der Waals surface area contributed by atoms with E-state index in [0.717, 1.165) is 0 Å². The first-order valence-corrected chi connectivity index (χ1v) is 8.25. The quantitative estimate of drug-likeness (QED) is 0.665. The number of carboxylic acids is 1. The Morgan fingerprint density at radius 1 is 1.12 bits per heavy atom. The number of carbonyl (C=O) groups excluding carboxylic acids is 1. The molecule has 0 bridgehead atoms. The minimum Gasteiger partial charge on any atom is -0.497 e. The number of methoxy groups -OCH3 is 1. The number of aliphatic carboxylic acids is 1. The van der Waals surface area contributed by atoms with E-state index in [-0.39, 0.29) is 25.6 Å². The Hall–Kier alpha value is -2.32. The Morgan fingerprint density at radius 3 is 2.28 bits per heavy atom. The molecule has 0 unspecified atom stereocenters. The lowest BCUT2D eigenvalue weighted by Crippen LogP contribution is -2.52. The zero-order valence-corrected chi connectivity index (χ0v) is 14.4. The topological polar surface area (TPSA) is 93.5 Å². The van der Waals surface area contributed by atoms with Crippen molar-refractivity contribution in [3.05, 3.63) is 24.3 Å². The molecule has 1 aliphatic rings. The molecule has 138 valence electrons. The van der Waals surface area contributed by atoms with Crippen LogP contribution in [0.25, 0.3) is 0 Å². The Morgan fingerprint density at radius 2 is 1.76 bits per heavy atom. The largest absolute Gasteiger partial charge is 0.497 e. The van der Waals surface area contributed by atoms with E-state index in [2.05, 4.69) is 4.90 Å². The zero-order valence-electron chi connectivity index (χ0n) is 14.4. The van der Waals surface area contributed by atoms with E-state index in [1.54, 1.807) is 41.2 Å². The van der Waals surface area contributed by atoms with Gasteiger partial charge in [-0.2, -0.15) is 0 Å². The predicted molar refractivity (Wildman–Crippen MR) is 92.9 cm³/mol. The van der Waals surface area contributed by atoms with Gasteiger partial charge in [-0.3, -0.25) is 14.5 Å². The van der Waals surface area contributed by atoms with Crippen molar-refractivity contribution < 1.29 is 24.5 Å². The summed E-state index contributed by atoms with van der Waals surface area (Å²) in [6.07, 6.45) is 0. The van der Waals surface area contributed by atoms with Crippen molar-refractivity contribution in [2.24, 2.45) is 0 Å². The molecule has 0 aromatic heterocycles. The molecule has 0 atom stereocenters. The molecule has 8 heteroatoms. The van der Waals surface area contributed by atoms with E-state index in [1.807, 2.05) is 0 Å². The minimum atomic E-state index is -0.989. The summed E-state index contributed by atoms with van der Waals surface area (Å²) >= 11 is 0. The molecule has 2 N–H and O–H groups in total. The highest BCUT2D eigenvalue weighted by Gasteiger charge is 2.23. The highest BCUT2D eigenvalue weighted by Crippen LogP contribution is 2.19. The summed E-state index contributed by atoms with van der Waals surface area (Å²) in [4.78, 5) is 29.1. The number of aliphatic hydroxyl groups is 1. The summed E-state index contributed by atoms with van der Waals surface area (Å²) < 4.78 is 5.10. The molecule has 0 radical (unpaired) electrons. The fourth-order valence-corrected chi connectivity index (χ4v) is 2.82. The average molecular weight is 351 g/mol. The number of ether oxygens (including phenoxy) is 1. The normalized spacial score (nSPS) is 15.0. The van der Waals surface area contributed by atoms with E-state index in [0.29, 0.717) is 44.2 Å². The van der Waals surface area contributed by atoms with Crippen LogP contribution in [0.3, 0.4) is 0 Å². The third-order valence-corrected chi connectivity index (χ3v) is 4.23. The first-order valence-electron chi connectivity index (χ1n) is 8.25. The van der Waals surface area contributed by atoms with E-state index >= 15 is 0 Å². The predicted octanol–water partition coefficient (Wildman–Crippen LogP) is -0.277. The summed E-state index contributed by atoms with van der Waals surface area (Å²) in [5, 5.41) is 18.1. The van der Waals surface area contributed by atoms with Gasteiger partial charge in [0.15, 0.2) is 0 Å². The van der Waals surface area contributed by atoms with Crippen LogP contribution in [0, 0.1) is 0 Å². The number of β-amino-alcohol motifs (C(OH)–C–C–N with tert-alkyl or cyclic N) is 1. The number of piperazine rings is 1. The third kappa shape index (κ3) is 5.61. The second-order valence-electron chi connectivity index (χ2n) is 5.89. The Labute approximate surface area is 147 Å². The van der Waals surface area contributed by atoms with Crippen LogP contribution in [0.15, 0.2) is 24.3 Å². The average Bonchev–Trinajstić information content (AvgIpc) is 2.61.